The van der Waals surface area contributed by atoms with Gasteiger partial charge >= 0.3 is 0 Å². The van der Waals surface area contributed by atoms with E-state index in [0.29, 0.717) is 18.9 Å². The lowest BCUT2D eigenvalue weighted by Crippen LogP contribution is -2.54. The molecule has 20 heavy (non-hydrogen) atoms. The van der Waals surface area contributed by atoms with Crippen LogP contribution in [0.5, 0.6) is 0 Å². The van der Waals surface area contributed by atoms with Gasteiger partial charge in [0.15, 0.2) is 0 Å². The zero-order valence-electron chi connectivity index (χ0n) is 12.5. The number of hydrogen-bond donors (Lipinski definition) is 2. The van der Waals surface area contributed by atoms with Crippen LogP contribution in [-0.2, 0) is 11.2 Å². The number of aryl methyl sites for hydroxylation is 1. The van der Waals surface area contributed by atoms with E-state index in [0.717, 1.165) is 24.5 Å². The van der Waals surface area contributed by atoms with Gasteiger partial charge in [0.1, 0.15) is 17.5 Å². The van der Waals surface area contributed by atoms with Crippen LogP contribution in [0.25, 0.3) is 0 Å². The van der Waals surface area contributed by atoms with E-state index in [1.54, 1.807) is 6.07 Å². The van der Waals surface area contributed by atoms with Crippen LogP contribution in [-0.4, -0.2) is 46.5 Å². The number of nitrogens with two attached hydrogens (primary N) is 1. The molecule has 6 heteroatoms. The van der Waals surface area contributed by atoms with Gasteiger partial charge in [0.25, 0.3) is 0 Å². The predicted molar refractivity (Wildman–Crippen MR) is 78.7 cm³/mol. The topological polar surface area (TPSA) is 84.5 Å². The summed E-state index contributed by atoms with van der Waals surface area (Å²) in [5, 5.41) is 9.37. The lowest BCUT2D eigenvalue weighted by Gasteiger charge is -2.42. The Morgan fingerprint density at radius 1 is 1.50 bits per heavy atom. The number of morpholine rings is 1. The zero-order chi connectivity index (χ0) is 14.8. The summed E-state index contributed by atoms with van der Waals surface area (Å²) in [6.07, 6.45) is 1.59. The second-order valence-corrected chi connectivity index (χ2v) is 5.88. The standard InChI is InChI=1S/C14H24N4O2/c1-4-5-12-16-11(15)6-13(17-12)18-7-10(8-19)20-14(2,3)9-18/h6,10,19H,4-5,7-9H2,1-3H3,(H2,15,16,17). The van der Waals surface area contributed by atoms with Crippen LogP contribution in [0.15, 0.2) is 6.07 Å². The first-order valence-corrected chi connectivity index (χ1v) is 7.10. The summed E-state index contributed by atoms with van der Waals surface area (Å²) in [6.45, 7) is 7.44. The third-order valence-corrected chi connectivity index (χ3v) is 3.26. The van der Waals surface area contributed by atoms with Crippen molar-refractivity contribution in [3.63, 3.8) is 0 Å². The first kappa shape index (κ1) is 15.0. The van der Waals surface area contributed by atoms with E-state index >= 15 is 0 Å². The highest BCUT2D eigenvalue weighted by molar-refractivity contribution is 5.48. The molecule has 1 unspecified atom stereocenters. The molecule has 0 aromatic carbocycles. The quantitative estimate of drug-likeness (QED) is 0.855. The fourth-order valence-corrected chi connectivity index (χ4v) is 2.57. The Hall–Kier alpha value is -1.40. The lowest BCUT2D eigenvalue weighted by atomic mass is 10.1. The van der Waals surface area contributed by atoms with Gasteiger partial charge in [-0.3, -0.25) is 0 Å². The molecule has 1 saturated heterocycles. The Bertz CT molecular complexity index is 464. The van der Waals surface area contributed by atoms with Crippen LogP contribution in [0.4, 0.5) is 11.6 Å². The largest absolute Gasteiger partial charge is 0.394 e. The second-order valence-electron chi connectivity index (χ2n) is 5.88. The van der Waals surface area contributed by atoms with Crippen molar-refractivity contribution < 1.29 is 9.84 Å². The van der Waals surface area contributed by atoms with Crippen LogP contribution < -0.4 is 10.6 Å². The Labute approximate surface area is 120 Å². The van der Waals surface area contributed by atoms with Crippen LogP contribution >= 0.6 is 0 Å². The molecule has 1 fully saturated rings. The number of rotatable bonds is 4. The molecule has 2 rings (SSSR count). The van der Waals surface area contributed by atoms with E-state index in [1.165, 1.54) is 0 Å². The predicted octanol–water partition coefficient (Wildman–Crippen LogP) is 0.987. The van der Waals surface area contributed by atoms with Gasteiger partial charge in [-0.15, -0.1) is 0 Å². The molecule has 112 valence electrons. The molecule has 0 aliphatic carbocycles. The van der Waals surface area contributed by atoms with E-state index in [4.69, 9.17) is 10.5 Å². The smallest absolute Gasteiger partial charge is 0.134 e. The third-order valence-electron chi connectivity index (χ3n) is 3.26. The summed E-state index contributed by atoms with van der Waals surface area (Å²) in [7, 11) is 0. The highest BCUT2D eigenvalue weighted by Gasteiger charge is 2.33. The number of nitrogens with zero attached hydrogens (tertiary/aromatic N) is 3. The van der Waals surface area contributed by atoms with Gasteiger partial charge < -0.3 is 20.5 Å². The van der Waals surface area contributed by atoms with Gasteiger partial charge in [-0.1, -0.05) is 6.92 Å². The molecule has 1 aromatic heterocycles. The Morgan fingerprint density at radius 2 is 2.25 bits per heavy atom. The van der Waals surface area contributed by atoms with Gasteiger partial charge in [-0.25, -0.2) is 9.97 Å². The number of aromatic nitrogens is 2. The molecule has 0 spiro atoms. The fraction of sp³-hybridized carbons (Fsp3) is 0.714. The zero-order valence-corrected chi connectivity index (χ0v) is 12.5. The van der Waals surface area contributed by atoms with Crippen molar-refractivity contribution in [3.05, 3.63) is 11.9 Å². The van der Waals surface area contributed by atoms with Crippen LogP contribution in [0.1, 0.15) is 33.0 Å². The molecule has 1 atom stereocenters. The summed E-state index contributed by atoms with van der Waals surface area (Å²) < 4.78 is 5.82. The first-order valence-electron chi connectivity index (χ1n) is 7.10. The van der Waals surface area contributed by atoms with E-state index in [2.05, 4.69) is 21.8 Å². The highest BCUT2D eigenvalue weighted by Crippen LogP contribution is 2.25. The summed E-state index contributed by atoms with van der Waals surface area (Å²) in [5.41, 5.74) is 5.55. The average molecular weight is 280 g/mol. The first-order chi connectivity index (χ1) is 9.43. The monoisotopic (exact) mass is 280 g/mol. The molecule has 6 nitrogen and oxygen atoms in total. The van der Waals surface area contributed by atoms with Crippen LogP contribution in [0.2, 0.25) is 0 Å². The van der Waals surface area contributed by atoms with Crippen molar-refractivity contribution in [1.82, 2.24) is 9.97 Å². The molecule has 0 saturated carbocycles. The van der Waals surface area contributed by atoms with E-state index in [-0.39, 0.29) is 18.3 Å². The maximum Gasteiger partial charge on any atom is 0.134 e. The molecule has 0 amide bonds. The minimum absolute atomic E-state index is 0.00229. The van der Waals surface area contributed by atoms with E-state index in [9.17, 15) is 5.11 Å². The van der Waals surface area contributed by atoms with Crippen molar-refractivity contribution in [1.29, 1.82) is 0 Å². The molecule has 2 heterocycles. The highest BCUT2D eigenvalue weighted by atomic mass is 16.5. The Morgan fingerprint density at radius 3 is 2.90 bits per heavy atom. The summed E-state index contributed by atoms with van der Waals surface area (Å²) in [5.74, 6) is 2.08. The van der Waals surface area contributed by atoms with Crippen molar-refractivity contribution in [2.75, 3.05) is 30.3 Å². The van der Waals surface area contributed by atoms with Gasteiger partial charge in [-0.05, 0) is 20.3 Å². The maximum absolute atomic E-state index is 9.37. The number of nitrogen functional groups attached to an aromatic ring is 1. The second kappa shape index (κ2) is 5.93. The van der Waals surface area contributed by atoms with Crippen molar-refractivity contribution in [2.24, 2.45) is 0 Å². The fourth-order valence-electron chi connectivity index (χ4n) is 2.57. The van der Waals surface area contributed by atoms with Crippen LogP contribution in [0.3, 0.4) is 0 Å². The van der Waals surface area contributed by atoms with E-state index < -0.39 is 0 Å². The number of ether oxygens (including phenoxy) is 1. The average Bonchev–Trinajstić information content (AvgIpc) is 2.36. The number of aliphatic hydroxyl groups is 1. The van der Waals surface area contributed by atoms with Gasteiger partial charge in [0.05, 0.1) is 18.3 Å². The third kappa shape index (κ3) is 3.58. The van der Waals surface area contributed by atoms with E-state index in [1.807, 2.05) is 13.8 Å². The van der Waals surface area contributed by atoms with Crippen molar-refractivity contribution in [3.8, 4) is 0 Å². The minimum atomic E-state index is -0.323. The molecule has 0 bridgehead atoms. The molecular formula is C14H24N4O2. The number of anilines is 2. The van der Waals surface area contributed by atoms with Gasteiger partial charge in [0.2, 0.25) is 0 Å². The SMILES string of the molecule is CCCc1nc(N)cc(N2CC(CO)OC(C)(C)C2)n1. The number of aliphatic hydroxyl groups excluding tert-OH is 1. The molecular weight excluding hydrogens is 256 g/mol. The van der Waals surface area contributed by atoms with Crippen LogP contribution in [0, 0.1) is 0 Å². The normalized spacial score (nSPS) is 22.0. The van der Waals surface area contributed by atoms with Gasteiger partial charge in [-0.2, -0.15) is 0 Å². The summed E-state index contributed by atoms with van der Waals surface area (Å²) in [6, 6.07) is 1.79. The minimum Gasteiger partial charge on any atom is -0.394 e. The summed E-state index contributed by atoms with van der Waals surface area (Å²) in [4.78, 5) is 10.9. The lowest BCUT2D eigenvalue weighted by molar-refractivity contribution is -0.101. The molecule has 1 aliphatic rings. The molecule has 0 radical (unpaired) electrons. The molecule has 3 N–H and O–H groups in total. The molecule has 1 aromatic rings. The van der Waals surface area contributed by atoms with Crippen molar-refractivity contribution >= 4 is 11.6 Å². The van der Waals surface area contributed by atoms with Gasteiger partial charge in [0, 0.05) is 25.6 Å². The Kier molecular flexibility index (Phi) is 4.45. The summed E-state index contributed by atoms with van der Waals surface area (Å²) >= 11 is 0. The van der Waals surface area contributed by atoms with Crippen molar-refractivity contribution in [2.45, 2.75) is 45.3 Å². The maximum atomic E-state index is 9.37. The number of hydrogen-bond acceptors (Lipinski definition) is 6. The Balaban J connectivity index is 2.25. The molecule has 1 aliphatic heterocycles.